The first-order chi connectivity index (χ1) is 17.5. The molecule has 3 heterocycles. The van der Waals surface area contributed by atoms with Crippen LogP contribution in [0.1, 0.15) is 68.7 Å². The fourth-order valence-electron chi connectivity index (χ4n) is 4.35. The Kier molecular flexibility index (Phi) is 7.45. The zero-order valence-electron chi connectivity index (χ0n) is 22.4. The first kappa shape index (κ1) is 26.5. The Labute approximate surface area is 217 Å². The number of carbonyl (C=O) groups excluding carboxylic acids is 1. The number of fused-ring (bicyclic) bond motifs is 1. The number of rotatable bonds is 8. The topological polar surface area (TPSA) is 104 Å². The van der Waals surface area contributed by atoms with E-state index in [1.807, 2.05) is 19.9 Å². The monoisotopic (exact) mass is 505 g/mol. The molecule has 1 aliphatic heterocycles. The van der Waals surface area contributed by atoms with Crippen LogP contribution in [0.25, 0.3) is 0 Å². The lowest BCUT2D eigenvalue weighted by Crippen LogP contribution is -2.42. The van der Waals surface area contributed by atoms with Crippen molar-refractivity contribution in [1.82, 2.24) is 25.6 Å². The van der Waals surface area contributed by atoms with Gasteiger partial charge in [0.05, 0.1) is 5.69 Å². The molecule has 0 saturated carbocycles. The number of aromatic nitrogens is 3. The summed E-state index contributed by atoms with van der Waals surface area (Å²) in [6.45, 7) is 12.1. The minimum absolute atomic E-state index is 0.0507. The van der Waals surface area contributed by atoms with Crippen LogP contribution in [-0.2, 0) is 17.4 Å². The van der Waals surface area contributed by atoms with E-state index in [-0.39, 0.29) is 17.5 Å². The molecule has 0 fully saturated rings. The maximum atomic E-state index is 13.6. The van der Waals surface area contributed by atoms with Gasteiger partial charge in [-0.15, -0.1) is 0 Å². The van der Waals surface area contributed by atoms with Crippen molar-refractivity contribution < 1.29 is 9.18 Å². The molecule has 2 aromatic heterocycles. The van der Waals surface area contributed by atoms with Gasteiger partial charge in [0.25, 0.3) is 5.91 Å². The van der Waals surface area contributed by atoms with Crippen LogP contribution in [0.3, 0.4) is 0 Å². The number of nitrogens with one attached hydrogen (secondary N) is 4. The summed E-state index contributed by atoms with van der Waals surface area (Å²) >= 11 is 0. The van der Waals surface area contributed by atoms with Gasteiger partial charge in [-0.05, 0) is 76.1 Å². The van der Waals surface area contributed by atoms with E-state index in [4.69, 9.17) is 0 Å². The number of pyridine rings is 1. The molecule has 1 amide bonds. The largest absolute Gasteiger partial charge is 0.350 e. The van der Waals surface area contributed by atoms with Crippen molar-refractivity contribution in [2.24, 2.45) is 0 Å². The predicted molar refractivity (Wildman–Crippen MR) is 146 cm³/mol. The summed E-state index contributed by atoms with van der Waals surface area (Å²) in [6.07, 6.45) is 4.07. The van der Waals surface area contributed by atoms with Crippen molar-refractivity contribution in [1.29, 1.82) is 0 Å². The Morgan fingerprint density at radius 1 is 1.14 bits per heavy atom. The number of hydrogen-bond acceptors (Lipinski definition) is 7. The van der Waals surface area contributed by atoms with E-state index in [1.54, 1.807) is 32.2 Å². The van der Waals surface area contributed by atoms with E-state index < -0.39 is 12.1 Å². The van der Waals surface area contributed by atoms with Gasteiger partial charge in [0, 0.05) is 40.8 Å². The van der Waals surface area contributed by atoms with Crippen LogP contribution >= 0.6 is 0 Å². The van der Waals surface area contributed by atoms with Crippen molar-refractivity contribution in [3.05, 3.63) is 65.1 Å². The van der Waals surface area contributed by atoms with Gasteiger partial charge >= 0.3 is 0 Å². The highest BCUT2D eigenvalue weighted by atomic mass is 19.1. The summed E-state index contributed by atoms with van der Waals surface area (Å²) < 4.78 is 13.6. The molecule has 0 bridgehead atoms. The van der Waals surface area contributed by atoms with Gasteiger partial charge < -0.3 is 21.3 Å². The van der Waals surface area contributed by atoms with Crippen LogP contribution in [0.4, 0.5) is 27.5 Å². The van der Waals surface area contributed by atoms with Crippen molar-refractivity contribution in [2.75, 3.05) is 23.9 Å². The Hall–Kier alpha value is -3.59. The van der Waals surface area contributed by atoms with Gasteiger partial charge in [-0.3, -0.25) is 14.2 Å². The van der Waals surface area contributed by atoms with E-state index in [2.05, 4.69) is 62.2 Å². The minimum Gasteiger partial charge on any atom is -0.350 e. The Morgan fingerprint density at radius 2 is 1.89 bits per heavy atom. The molecule has 8 nitrogen and oxygen atoms in total. The predicted octanol–water partition coefficient (Wildman–Crippen LogP) is 5.12. The zero-order chi connectivity index (χ0) is 26.8. The van der Waals surface area contributed by atoms with Crippen LogP contribution in [0.5, 0.6) is 0 Å². The number of anilines is 4. The van der Waals surface area contributed by atoms with Crippen molar-refractivity contribution in [3.8, 4) is 0 Å². The smallest absolute Gasteiger partial charge is 0.256 e. The van der Waals surface area contributed by atoms with Gasteiger partial charge in [-0.2, -0.15) is 4.98 Å². The molecule has 0 spiro atoms. The molecule has 1 aliphatic rings. The molecule has 0 unspecified atom stereocenters. The lowest BCUT2D eigenvalue weighted by molar-refractivity contribution is 0.0943. The maximum absolute atomic E-state index is 13.6. The molecule has 0 aliphatic carbocycles. The first-order valence-corrected chi connectivity index (χ1v) is 12.6. The number of benzene rings is 1. The zero-order valence-corrected chi connectivity index (χ0v) is 22.4. The second kappa shape index (κ2) is 10.4. The van der Waals surface area contributed by atoms with Crippen LogP contribution in [0.15, 0.2) is 42.7 Å². The van der Waals surface area contributed by atoms with Crippen molar-refractivity contribution in [3.63, 3.8) is 0 Å². The number of carbonyl (C=O) groups is 1. The summed E-state index contributed by atoms with van der Waals surface area (Å²) in [6, 6.07) is 9.75. The summed E-state index contributed by atoms with van der Waals surface area (Å²) in [5.74, 6) is 0.412. The fourth-order valence-corrected chi connectivity index (χ4v) is 4.35. The summed E-state index contributed by atoms with van der Waals surface area (Å²) in [4.78, 5) is 26.3. The summed E-state index contributed by atoms with van der Waals surface area (Å²) in [5.41, 5.74) is 4.18. The highest BCUT2D eigenvalue weighted by Crippen LogP contribution is 2.31. The fraction of sp³-hybridized carbons (Fsp3) is 0.429. The van der Waals surface area contributed by atoms with Gasteiger partial charge in [0.1, 0.15) is 18.1 Å². The highest BCUT2D eigenvalue weighted by Gasteiger charge is 2.27. The molecule has 0 saturated heterocycles. The molecule has 4 rings (SSSR count). The van der Waals surface area contributed by atoms with E-state index in [9.17, 15) is 9.18 Å². The van der Waals surface area contributed by atoms with Crippen molar-refractivity contribution >= 4 is 29.0 Å². The summed E-state index contributed by atoms with van der Waals surface area (Å²) in [5, 5.41) is 12.9. The molecule has 4 N–H and O–H groups in total. The molecule has 196 valence electrons. The molecule has 1 aromatic carbocycles. The Bertz CT molecular complexity index is 1290. The van der Waals surface area contributed by atoms with Crippen molar-refractivity contribution in [2.45, 2.75) is 65.0 Å². The Balaban J connectivity index is 1.66. The van der Waals surface area contributed by atoms with E-state index in [1.165, 1.54) is 17.3 Å². The van der Waals surface area contributed by atoms with Gasteiger partial charge in [-0.25, -0.2) is 4.98 Å². The lowest BCUT2D eigenvalue weighted by Gasteiger charge is -2.34. The lowest BCUT2D eigenvalue weighted by atomic mass is 9.85. The first-order valence-electron chi connectivity index (χ1n) is 12.6. The average Bonchev–Trinajstić information content (AvgIpc) is 2.83. The molecule has 37 heavy (non-hydrogen) atoms. The third kappa shape index (κ3) is 6.05. The van der Waals surface area contributed by atoms with Crippen LogP contribution in [0.2, 0.25) is 0 Å². The van der Waals surface area contributed by atoms with Crippen LogP contribution < -0.4 is 21.3 Å². The van der Waals surface area contributed by atoms with Gasteiger partial charge in [-0.1, -0.05) is 19.9 Å². The second-order valence-corrected chi connectivity index (χ2v) is 11.0. The molecule has 0 radical (unpaired) electrons. The van der Waals surface area contributed by atoms with Crippen LogP contribution in [-0.4, -0.2) is 40.1 Å². The molecule has 3 aromatic rings. The third-order valence-corrected chi connectivity index (χ3v) is 6.50. The Morgan fingerprint density at radius 3 is 2.62 bits per heavy atom. The third-order valence-electron chi connectivity index (χ3n) is 6.50. The van der Waals surface area contributed by atoms with E-state index in [0.29, 0.717) is 28.7 Å². The normalized spacial score (nSPS) is 14.7. The number of nitrogens with zero attached hydrogens (tertiary/aromatic N) is 3. The van der Waals surface area contributed by atoms with E-state index in [0.717, 1.165) is 18.7 Å². The maximum Gasteiger partial charge on any atom is 0.256 e. The quantitative estimate of drug-likeness (QED) is 0.337. The SMILES string of the molecule is CC(C)NC(=O)c1cnc(Nc2ccc3c(c2)CCNC3(C)C)nc1Nc1ccnc(C(C)(C)CF)c1. The summed E-state index contributed by atoms with van der Waals surface area (Å²) in [7, 11) is 0. The highest BCUT2D eigenvalue weighted by molar-refractivity contribution is 5.99. The van der Waals surface area contributed by atoms with Gasteiger partial charge in [0.15, 0.2) is 0 Å². The number of hydrogen-bond donors (Lipinski definition) is 4. The van der Waals surface area contributed by atoms with Crippen LogP contribution in [0, 0.1) is 0 Å². The molecular weight excluding hydrogens is 469 g/mol. The number of alkyl halides is 1. The minimum atomic E-state index is -0.732. The molecule has 9 heteroatoms. The second-order valence-electron chi connectivity index (χ2n) is 11.0. The number of amides is 1. The van der Waals surface area contributed by atoms with E-state index >= 15 is 0 Å². The molecule has 0 atom stereocenters. The standard InChI is InChI=1S/C28H36FN7O/c1-17(2)33-25(37)21-15-31-26(35-19-7-8-22-18(13-19)9-12-32-28(22,5)6)36-24(21)34-20-10-11-30-23(14-20)27(3,4)16-29/h7-8,10-11,13-15,17,32H,9,12,16H2,1-6H3,(H,33,37)(H2,30,31,34,35,36). The molecular formula is C28H36FN7O. The van der Waals surface area contributed by atoms with Gasteiger partial charge in [0.2, 0.25) is 5.95 Å². The number of halogens is 1. The average molecular weight is 506 g/mol.